The predicted octanol–water partition coefficient (Wildman–Crippen LogP) is 4.42. The number of likely N-dealkylation sites (tertiary alicyclic amines) is 1. The third kappa shape index (κ3) is 4.29. The first kappa shape index (κ1) is 22.1. The fourth-order valence-electron chi connectivity index (χ4n) is 4.30. The maximum atomic E-state index is 13.2. The largest absolute Gasteiger partial charge is 0.324 e. The minimum absolute atomic E-state index is 0.0883. The molecule has 2 heterocycles. The lowest BCUT2D eigenvalue weighted by molar-refractivity contribution is -0.384. The van der Waals surface area contributed by atoms with E-state index < -0.39 is 4.92 Å². The number of nitro groups is 1. The Morgan fingerprint density at radius 1 is 1.06 bits per heavy atom. The second kappa shape index (κ2) is 8.82. The number of non-ortho nitro benzene ring substituents is 1. The summed E-state index contributed by atoms with van der Waals surface area (Å²) in [4.78, 5) is 39.8. The van der Waals surface area contributed by atoms with Crippen LogP contribution in [0.25, 0.3) is 0 Å². The average molecular weight is 455 g/mol. The summed E-state index contributed by atoms with van der Waals surface area (Å²) in [5, 5.41) is 14.1. The van der Waals surface area contributed by atoms with Gasteiger partial charge in [0.1, 0.15) is 0 Å². The first-order valence-corrected chi connectivity index (χ1v) is 11.6. The molecule has 0 atom stereocenters. The fraction of sp³-hybridized carbons (Fsp3) is 0.391. The molecule has 2 aromatic carbocycles. The fourth-order valence-corrected chi connectivity index (χ4v) is 5.75. The lowest BCUT2D eigenvalue weighted by atomic mass is 10.0. The van der Waals surface area contributed by atoms with Gasteiger partial charge in [-0.2, -0.15) is 0 Å². The number of anilines is 1. The molecule has 168 valence electrons. The molecule has 0 radical (unpaired) electrons. The summed E-state index contributed by atoms with van der Waals surface area (Å²) in [5.41, 5.74) is 3.31. The van der Waals surface area contributed by atoms with E-state index in [-0.39, 0.29) is 22.5 Å². The third-order valence-corrected chi connectivity index (χ3v) is 7.87. The van der Waals surface area contributed by atoms with E-state index in [9.17, 15) is 19.7 Å². The maximum absolute atomic E-state index is 13.2. The highest BCUT2D eigenvalue weighted by Gasteiger charge is 2.47. The molecule has 2 aromatic rings. The highest BCUT2D eigenvalue weighted by Crippen LogP contribution is 2.44. The second-order valence-corrected chi connectivity index (χ2v) is 9.73. The lowest BCUT2D eigenvalue weighted by Gasteiger charge is -2.44. The Morgan fingerprint density at radius 2 is 1.81 bits per heavy atom. The van der Waals surface area contributed by atoms with Gasteiger partial charge in [0, 0.05) is 48.8 Å². The van der Waals surface area contributed by atoms with E-state index in [0.717, 1.165) is 17.0 Å². The van der Waals surface area contributed by atoms with Gasteiger partial charge >= 0.3 is 6.03 Å². The number of hydrogen-bond donors (Lipinski definition) is 1. The number of thioether (sulfide) groups is 1. The van der Waals surface area contributed by atoms with Crippen LogP contribution in [0.3, 0.4) is 0 Å². The lowest BCUT2D eigenvalue weighted by Crippen LogP contribution is -2.54. The summed E-state index contributed by atoms with van der Waals surface area (Å²) in [7, 11) is 0. The van der Waals surface area contributed by atoms with Crippen LogP contribution in [0.1, 0.15) is 34.3 Å². The van der Waals surface area contributed by atoms with Crippen LogP contribution in [0.15, 0.2) is 42.5 Å². The topological polar surface area (TPSA) is 95.8 Å². The maximum Gasteiger partial charge on any atom is 0.321 e. The molecule has 0 aliphatic carbocycles. The number of carbonyl (C=O) groups is 2. The standard InChI is InChI=1S/C23H26N4O4S/c1-16-6-7-19(14-17(16)2)24-22(29)25-10-8-23(9-11-25)26(12-13-32-23)21(28)18-4-3-5-20(15-18)27(30)31/h3-7,14-15H,8-13H2,1-2H3,(H,24,29). The minimum atomic E-state index is -0.488. The van der Waals surface area contributed by atoms with Crippen molar-refractivity contribution >= 4 is 35.1 Å². The van der Waals surface area contributed by atoms with E-state index >= 15 is 0 Å². The molecular weight excluding hydrogens is 428 g/mol. The quantitative estimate of drug-likeness (QED) is 0.547. The molecule has 2 fully saturated rings. The summed E-state index contributed by atoms with van der Waals surface area (Å²) >= 11 is 1.74. The van der Waals surface area contributed by atoms with Gasteiger partial charge in [-0.05, 0) is 56.0 Å². The number of aryl methyl sites for hydroxylation is 2. The van der Waals surface area contributed by atoms with Crippen LogP contribution in [0.4, 0.5) is 16.2 Å². The molecule has 1 spiro atoms. The van der Waals surface area contributed by atoms with Crippen molar-refractivity contribution in [2.24, 2.45) is 0 Å². The highest BCUT2D eigenvalue weighted by atomic mass is 32.2. The summed E-state index contributed by atoms with van der Waals surface area (Å²) in [5.74, 6) is 0.627. The van der Waals surface area contributed by atoms with Gasteiger partial charge in [0.05, 0.1) is 9.79 Å². The molecule has 1 N–H and O–H groups in total. The number of nitrogens with zero attached hydrogens (tertiary/aromatic N) is 3. The van der Waals surface area contributed by atoms with E-state index in [2.05, 4.69) is 5.32 Å². The molecule has 2 aliphatic rings. The van der Waals surface area contributed by atoms with Gasteiger partial charge in [0.25, 0.3) is 11.6 Å². The van der Waals surface area contributed by atoms with Crippen molar-refractivity contribution in [3.8, 4) is 0 Å². The second-order valence-electron chi connectivity index (χ2n) is 8.28. The van der Waals surface area contributed by atoms with Gasteiger partial charge in [0.2, 0.25) is 0 Å². The van der Waals surface area contributed by atoms with E-state index in [1.807, 2.05) is 36.9 Å². The first-order valence-electron chi connectivity index (χ1n) is 10.6. The zero-order valence-electron chi connectivity index (χ0n) is 18.2. The number of urea groups is 1. The van der Waals surface area contributed by atoms with Crippen molar-refractivity contribution in [1.82, 2.24) is 9.80 Å². The SMILES string of the molecule is Cc1ccc(NC(=O)N2CCC3(CC2)SCCN3C(=O)c2cccc([N+](=O)[O-])c2)cc1C. The van der Waals surface area contributed by atoms with E-state index in [1.165, 1.54) is 17.7 Å². The molecule has 8 nitrogen and oxygen atoms in total. The molecule has 0 unspecified atom stereocenters. The number of benzene rings is 2. The molecule has 9 heteroatoms. The van der Waals surface area contributed by atoms with Gasteiger partial charge in [-0.25, -0.2) is 4.79 Å². The molecule has 0 bridgehead atoms. The summed E-state index contributed by atoms with van der Waals surface area (Å²) in [6.45, 7) is 5.73. The summed E-state index contributed by atoms with van der Waals surface area (Å²) in [6.07, 6.45) is 1.33. The van der Waals surface area contributed by atoms with Crippen molar-refractivity contribution in [3.63, 3.8) is 0 Å². The summed E-state index contributed by atoms with van der Waals surface area (Å²) < 4.78 is 0. The first-order chi connectivity index (χ1) is 15.3. The van der Waals surface area contributed by atoms with E-state index in [1.54, 1.807) is 28.8 Å². The summed E-state index contributed by atoms with van der Waals surface area (Å²) in [6, 6.07) is 11.6. The Labute approximate surface area is 191 Å². The number of hydrogen-bond acceptors (Lipinski definition) is 5. The number of amides is 3. The monoisotopic (exact) mass is 454 g/mol. The van der Waals surface area contributed by atoms with Crippen molar-refractivity contribution < 1.29 is 14.5 Å². The smallest absolute Gasteiger partial charge is 0.321 e. The number of nitro benzene ring substituents is 1. The molecule has 0 saturated carbocycles. The molecule has 2 aliphatic heterocycles. The zero-order valence-corrected chi connectivity index (χ0v) is 19.0. The van der Waals surface area contributed by atoms with Crippen molar-refractivity contribution in [1.29, 1.82) is 0 Å². The van der Waals surface area contributed by atoms with Crippen LogP contribution in [0, 0.1) is 24.0 Å². The number of piperidine rings is 1. The van der Waals surface area contributed by atoms with Crippen LogP contribution in [0.5, 0.6) is 0 Å². The normalized spacial score (nSPS) is 17.4. The Kier molecular flexibility index (Phi) is 6.10. The molecular formula is C23H26N4O4S. The Balaban J connectivity index is 1.42. The highest BCUT2D eigenvalue weighted by molar-refractivity contribution is 8.00. The van der Waals surface area contributed by atoms with Gasteiger partial charge in [-0.15, -0.1) is 11.8 Å². The van der Waals surface area contributed by atoms with Gasteiger partial charge in [-0.1, -0.05) is 12.1 Å². The van der Waals surface area contributed by atoms with Gasteiger partial charge in [-0.3, -0.25) is 14.9 Å². The molecule has 3 amide bonds. The Morgan fingerprint density at radius 3 is 2.50 bits per heavy atom. The van der Waals surface area contributed by atoms with E-state index in [0.29, 0.717) is 38.0 Å². The zero-order chi connectivity index (χ0) is 22.9. The third-order valence-electron chi connectivity index (χ3n) is 6.32. The Bertz CT molecular complexity index is 1070. The van der Waals surface area contributed by atoms with Crippen molar-refractivity contribution in [2.75, 3.05) is 30.7 Å². The van der Waals surface area contributed by atoms with E-state index in [4.69, 9.17) is 0 Å². The van der Waals surface area contributed by atoms with Crippen molar-refractivity contribution in [2.45, 2.75) is 31.6 Å². The molecule has 32 heavy (non-hydrogen) atoms. The van der Waals surface area contributed by atoms with Crippen LogP contribution in [-0.2, 0) is 0 Å². The predicted molar refractivity (Wildman–Crippen MR) is 125 cm³/mol. The average Bonchev–Trinajstić information content (AvgIpc) is 3.19. The van der Waals surface area contributed by atoms with Crippen LogP contribution in [-0.4, -0.2) is 56.9 Å². The minimum Gasteiger partial charge on any atom is -0.324 e. The van der Waals surface area contributed by atoms with Crippen LogP contribution >= 0.6 is 11.8 Å². The van der Waals surface area contributed by atoms with Crippen LogP contribution in [0.2, 0.25) is 0 Å². The number of nitrogens with one attached hydrogen (secondary N) is 1. The number of rotatable bonds is 3. The number of carbonyl (C=O) groups excluding carboxylic acids is 2. The van der Waals surface area contributed by atoms with Crippen molar-refractivity contribution in [3.05, 3.63) is 69.3 Å². The molecule has 4 rings (SSSR count). The van der Waals surface area contributed by atoms with Gasteiger partial charge in [0.15, 0.2) is 0 Å². The Hall–Kier alpha value is -3.07. The van der Waals surface area contributed by atoms with Gasteiger partial charge < -0.3 is 15.1 Å². The molecule has 2 saturated heterocycles. The molecule has 0 aromatic heterocycles. The van der Waals surface area contributed by atoms with Crippen LogP contribution < -0.4 is 5.32 Å².